The monoisotopic (exact) mass is 447 g/mol. The number of benzene rings is 2. The van der Waals surface area contributed by atoms with E-state index < -0.39 is 23.3 Å². The van der Waals surface area contributed by atoms with E-state index in [2.05, 4.69) is 25.3 Å². The van der Waals surface area contributed by atoms with E-state index >= 15 is 0 Å². The Balaban J connectivity index is 1.69. The summed E-state index contributed by atoms with van der Waals surface area (Å²) in [5, 5.41) is 21.6. The van der Waals surface area contributed by atoms with Gasteiger partial charge >= 0.3 is 0 Å². The van der Waals surface area contributed by atoms with Crippen molar-refractivity contribution in [3.05, 3.63) is 76.6 Å². The first-order valence-electron chi connectivity index (χ1n) is 8.75. The molecule has 4 rings (SSSR count). The van der Waals surface area contributed by atoms with E-state index in [4.69, 9.17) is 17.0 Å². The fraction of sp³-hybridized carbons (Fsp3) is 0.0526. The highest BCUT2D eigenvalue weighted by molar-refractivity contribution is 6.31. The first kappa shape index (κ1) is 20.6. The van der Waals surface area contributed by atoms with Crippen molar-refractivity contribution < 1.29 is 18.4 Å². The second-order valence-electron chi connectivity index (χ2n) is 6.31. The van der Waals surface area contributed by atoms with Gasteiger partial charge in [0, 0.05) is 18.0 Å². The van der Waals surface area contributed by atoms with Crippen LogP contribution in [-0.2, 0) is 6.54 Å². The van der Waals surface area contributed by atoms with Crippen LogP contribution in [0.1, 0.15) is 11.4 Å². The Kier molecular flexibility index (Phi) is 5.44. The number of halogens is 4. The molecule has 8 nitrogen and oxygen atoms in total. The molecule has 0 saturated heterocycles. The van der Waals surface area contributed by atoms with Gasteiger partial charge in [0.2, 0.25) is 5.95 Å². The molecule has 158 valence electrons. The summed E-state index contributed by atoms with van der Waals surface area (Å²) in [6.07, 6.45) is 3.10. The van der Waals surface area contributed by atoms with E-state index in [1.54, 1.807) is 18.5 Å². The zero-order valence-corrected chi connectivity index (χ0v) is 16.3. The molecule has 0 amide bonds. The zero-order valence-electron chi connectivity index (χ0n) is 15.5. The molecule has 0 atom stereocenters. The van der Waals surface area contributed by atoms with Crippen molar-refractivity contribution in [1.82, 2.24) is 19.9 Å². The average molecular weight is 448 g/mol. The van der Waals surface area contributed by atoms with Crippen LogP contribution in [0.5, 0.6) is 0 Å². The summed E-state index contributed by atoms with van der Waals surface area (Å²) in [6, 6.07) is 5.65. The smallest absolute Gasteiger partial charge is 0.201 e. The van der Waals surface area contributed by atoms with Gasteiger partial charge in [0.1, 0.15) is 17.2 Å². The van der Waals surface area contributed by atoms with E-state index in [9.17, 15) is 18.4 Å². The lowest BCUT2D eigenvalue weighted by atomic mass is 10.1. The molecule has 0 unspecified atom stereocenters. The van der Waals surface area contributed by atoms with Gasteiger partial charge in [-0.3, -0.25) is 10.6 Å². The predicted molar refractivity (Wildman–Crippen MR) is 108 cm³/mol. The number of amidine groups is 1. The van der Waals surface area contributed by atoms with Crippen LogP contribution in [0.15, 0.2) is 42.7 Å². The van der Waals surface area contributed by atoms with Crippen LogP contribution < -0.4 is 10.4 Å². The van der Waals surface area contributed by atoms with E-state index in [1.165, 1.54) is 6.07 Å². The summed E-state index contributed by atoms with van der Waals surface area (Å²) in [6.45, 7) is 0.151. The third-order valence-corrected chi connectivity index (χ3v) is 4.60. The number of hydrogen-bond acceptors (Lipinski definition) is 6. The van der Waals surface area contributed by atoms with Crippen molar-refractivity contribution >= 4 is 40.1 Å². The summed E-state index contributed by atoms with van der Waals surface area (Å²) in [7, 11) is 0. The van der Waals surface area contributed by atoms with E-state index in [-0.39, 0.29) is 39.8 Å². The molecule has 0 aliphatic carbocycles. The van der Waals surface area contributed by atoms with Crippen molar-refractivity contribution in [2.45, 2.75) is 6.54 Å². The Morgan fingerprint density at radius 1 is 1.16 bits per heavy atom. The number of imidazole rings is 1. The molecule has 2 aromatic carbocycles. The lowest BCUT2D eigenvalue weighted by Crippen LogP contribution is -2.27. The molecule has 0 fully saturated rings. The number of hydrogen-bond donors (Lipinski definition) is 4. The molecule has 0 saturated carbocycles. The molecule has 31 heavy (non-hydrogen) atoms. The SMILES string of the molecule is N=C(c1cc(F)c(F)c2nc(NCc3ncccn3)[nH]c12)N(O)c1ccc(F)c(Cl)c1. The number of hydroxylamine groups is 1. The van der Waals surface area contributed by atoms with E-state index in [0.29, 0.717) is 10.9 Å². The fourth-order valence-electron chi connectivity index (χ4n) is 2.82. The number of aromatic amines is 1. The average Bonchev–Trinajstić information content (AvgIpc) is 3.21. The van der Waals surface area contributed by atoms with Crippen LogP contribution >= 0.6 is 11.6 Å². The fourth-order valence-corrected chi connectivity index (χ4v) is 2.99. The van der Waals surface area contributed by atoms with Crippen molar-refractivity contribution in [3.63, 3.8) is 0 Å². The van der Waals surface area contributed by atoms with Gasteiger partial charge in [0.15, 0.2) is 17.5 Å². The highest BCUT2D eigenvalue weighted by Crippen LogP contribution is 2.28. The minimum atomic E-state index is -1.26. The van der Waals surface area contributed by atoms with Crippen molar-refractivity contribution in [1.29, 1.82) is 5.41 Å². The van der Waals surface area contributed by atoms with Crippen LogP contribution in [-0.4, -0.2) is 31.0 Å². The predicted octanol–water partition coefficient (Wildman–Crippen LogP) is 4.26. The maximum Gasteiger partial charge on any atom is 0.201 e. The normalized spacial score (nSPS) is 11.0. The number of aromatic nitrogens is 4. The Morgan fingerprint density at radius 3 is 2.61 bits per heavy atom. The largest absolute Gasteiger partial charge is 0.348 e. The summed E-state index contributed by atoms with van der Waals surface area (Å²) in [4.78, 5) is 14.8. The molecular formula is C19H13ClF3N7O. The quantitative estimate of drug-likeness (QED) is 0.206. The van der Waals surface area contributed by atoms with Gasteiger partial charge in [-0.1, -0.05) is 11.6 Å². The van der Waals surface area contributed by atoms with Gasteiger partial charge < -0.3 is 10.3 Å². The lowest BCUT2D eigenvalue weighted by molar-refractivity contribution is 0.312. The number of nitrogens with one attached hydrogen (secondary N) is 3. The number of anilines is 2. The first-order chi connectivity index (χ1) is 14.8. The minimum Gasteiger partial charge on any atom is -0.348 e. The molecule has 0 spiro atoms. The highest BCUT2D eigenvalue weighted by atomic mass is 35.5. The third-order valence-electron chi connectivity index (χ3n) is 4.31. The van der Waals surface area contributed by atoms with Crippen LogP contribution in [0, 0.1) is 22.9 Å². The molecular weight excluding hydrogens is 435 g/mol. The van der Waals surface area contributed by atoms with E-state index in [0.717, 1.165) is 18.2 Å². The number of H-pyrrole nitrogens is 1. The van der Waals surface area contributed by atoms with Crippen LogP contribution in [0.2, 0.25) is 5.02 Å². The van der Waals surface area contributed by atoms with Crippen molar-refractivity contribution in [3.8, 4) is 0 Å². The zero-order chi connectivity index (χ0) is 22.1. The first-order valence-corrected chi connectivity index (χ1v) is 9.13. The summed E-state index contributed by atoms with van der Waals surface area (Å²) in [5.74, 6) is -3.30. The third kappa shape index (κ3) is 4.00. The van der Waals surface area contributed by atoms with Gasteiger partial charge in [-0.2, -0.15) is 0 Å². The Labute approximate surface area is 177 Å². The molecule has 2 heterocycles. The molecule has 4 N–H and O–H groups in total. The second kappa shape index (κ2) is 8.20. The van der Waals surface area contributed by atoms with Crippen LogP contribution in [0.4, 0.5) is 24.8 Å². The lowest BCUT2D eigenvalue weighted by Gasteiger charge is -2.18. The van der Waals surface area contributed by atoms with Gasteiger partial charge in [-0.25, -0.2) is 33.2 Å². The molecule has 4 aromatic rings. The highest BCUT2D eigenvalue weighted by Gasteiger charge is 2.23. The molecule has 12 heteroatoms. The second-order valence-corrected chi connectivity index (χ2v) is 6.71. The maximum atomic E-state index is 14.3. The van der Waals surface area contributed by atoms with Crippen LogP contribution in [0.3, 0.4) is 0 Å². The van der Waals surface area contributed by atoms with Crippen molar-refractivity contribution in [2.24, 2.45) is 0 Å². The summed E-state index contributed by atoms with van der Waals surface area (Å²) >= 11 is 5.71. The standard InChI is InChI=1S/C19H13ClF3N7O/c20-11-6-9(2-3-12(11)21)30(31)18(24)10-7-13(22)15(23)17-16(10)28-19(29-17)27-8-14-25-4-1-5-26-14/h1-7,24,31H,8H2,(H2,27,28,29). The number of nitrogens with zero attached hydrogens (tertiary/aromatic N) is 4. The molecule has 0 aliphatic heterocycles. The topological polar surface area (TPSA) is 114 Å². The minimum absolute atomic E-state index is 0.0346. The molecule has 0 aliphatic rings. The molecule has 2 aromatic heterocycles. The van der Waals surface area contributed by atoms with Gasteiger partial charge in [-0.15, -0.1) is 0 Å². The number of rotatable bonds is 5. The van der Waals surface area contributed by atoms with Gasteiger partial charge in [-0.05, 0) is 30.3 Å². The molecule has 0 bridgehead atoms. The Bertz CT molecular complexity index is 1280. The number of fused-ring (bicyclic) bond motifs is 1. The summed E-state index contributed by atoms with van der Waals surface area (Å²) in [5.41, 5.74) is -0.642. The van der Waals surface area contributed by atoms with Crippen LogP contribution in [0.25, 0.3) is 11.0 Å². The van der Waals surface area contributed by atoms with Gasteiger partial charge in [0.05, 0.1) is 22.8 Å². The maximum absolute atomic E-state index is 14.3. The van der Waals surface area contributed by atoms with Crippen molar-refractivity contribution in [2.75, 3.05) is 10.4 Å². The Morgan fingerprint density at radius 2 is 1.90 bits per heavy atom. The van der Waals surface area contributed by atoms with Gasteiger partial charge in [0.25, 0.3) is 0 Å². The molecule has 0 radical (unpaired) electrons. The summed E-state index contributed by atoms with van der Waals surface area (Å²) < 4.78 is 41.9. The Hall–Kier alpha value is -3.70. The van der Waals surface area contributed by atoms with E-state index in [1.807, 2.05) is 0 Å².